The van der Waals surface area contributed by atoms with Crippen molar-refractivity contribution in [1.29, 1.82) is 0 Å². The third kappa shape index (κ3) is 2.64. The summed E-state index contributed by atoms with van der Waals surface area (Å²) in [7, 11) is 0. The zero-order chi connectivity index (χ0) is 16.7. The average molecular weight is 330 g/mol. The van der Waals surface area contributed by atoms with Crippen LogP contribution in [0.25, 0.3) is 21.5 Å². The maximum atomic E-state index is 13.0. The number of nitrogens with zero attached hydrogens (tertiary/aromatic N) is 1. The molecule has 23 heavy (non-hydrogen) atoms. The van der Waals surface area contributed by atoms with Gasteiger partial charge in [-0.3, -0.25) is 4.79 Å². The molecule has 0 amide bonds. The highest BCUT2D eigenvalue weighted by Gasteiger charge is 2.22. The third-order valence-corrected chi connectivity index (χ3v) is 4.72. The molecule has 1 atom stereocenters. The summed E-state index contributed by atoms with van der Waals surface area (Å²) in [5, 5.41) is 12.9. The largest absolute Gasteiger partial charge is 0.508 e. The van der Waals surface area contributed by atoms with Crippen LogP contribution in [0.2, 0.25) is 0 Å². The zero-order valence-corrected chi connectivity index (χ0v) is 14.0. The molecule has 3 N–H and O–H groups in total. The van der Waals surface area contributed by atoms with Crippen LogP contribution in [0.4, 0.5) is 0 Å². The molecule has 0 aliphatic carbocycles. The first-order valence-corrected chi connectivity index (χ1v) is 8.31. The highest BCUT2D eigenvalue weighted by molar-refractivity contribution is 7.13. The first-order valence-electron chi connectivity index (χ1n) is 7.43. The monoisotopic (exact) mass is 330 g/mol. The van der Waals surface area contributed by atoms with Gasteiger partial charge in [0, 0.05) is 17.1 Å². The highest BCUT2D eigenvalue weighted by atomic mass is 32.1. The average Bonchev–Trinajstić information content (AvgIpc) is 2.92. The second kappa shape index (κ2) is 5.79. The van der Waals surface area contributed by atoms with Gasteiger partial charge < -0.3 is 15.3 Å². The molecular weight excluding hydrogens is 312 g/mol. The molecule has 3 aromatic rings. The number of phenolic OH excluding ortho intramolecular Hbond substituents is 1. The van der Waals surface area contributed by atoms with Crippen molar-refractivity contribution in [2.24, 2.45) is 5.73 Å². The Balaban J connectivity index is 2.42. The van der Waals surface area contributed by atoms with E-state index in [0.29, 0.717) is 39.3 Å². The van der Waals surface area contributed by atoms with E-state index in [4.69, 9.17) is 10.2 Å². The van der Waals surface area contributed by atoms with Gasteiger partial charge in [-0.2, -0.15) is 0 Å². The molecule has 2 heterocycles. The summed E-state index contributed by atoms with van der Waals surface area (Å²) in [4.78, 5) is 17.4. The fraction of sp³-hybridized carbons (Fsp3) is 0.294. The second-order valence-electron chi connectivity index (χ2n) is 5.58. The predicted molar refractivity (Wildman–Crippen MR) is 92.0 cm³/mol. The van der Waals surface area contributed by atoms with Crippen LogP contribution in [0, 0.1) is 6.92 Å². The molecular formula is C17H18N2O3S. The number of fused-ring (bicyclic) bond motifs is 1. The van der Waals surface area contributed by atoms with E-state index in [-0.39, 0.29) is 11.2 Å². The Hall–Kier alpha value is -2.18. The lowest BCUT2D eigenvalue weighted by Crippen LogP contribution is -2.15. The van der Waals surface area contributed by atoms with Crippen LogP contribution in [0.3, 0.4) is 0 Å². The molecule has 0 aliphatic rings. The highest BCUT2D eigenvalue weighted by Crippen LogP contribution is 2.32. The number of benzene rings is 1. The standard InChI is InChI=1S/C17H18N2O3S/c1-4-10-5-11-13(6-12(10)20)22-16(9(3)18)14(15(11)21)17-19-8(2)7-23-17/h5-7,9,20H,4,18H2,1-3H3/t9-/m1/s1. The van der Waals surface area contributed by atoms with Crippen molar-refractivity contribution in [3.63, 3.8) is 0 Å². The van der Waals surface area contributed by atoms with Crippen molar-refractivity contribution in [1.82, 2.24) is 4.98 Å². The van der Waals surface area contributed by atoms with Crippen molar-refractivity contribution >= 4 is 22.3 Å². The fourth-order valence-corrected chi connectivity index (χ4v) is 3.41. The Kier molecular flexibility index (Phi) is 3.95. The first-order chi connectivity index (χ1) is 10.9. The normalized spacial score (nSPS) is 12.7. The summed E-state index contributed by atoms with van der Waals surface area (Å²) in [5.74, 6) is 0.511. The number of phenols is 1. The van der Waals surface area contributed by atoms with E-state index in [9.17, 15) is 9.90 Å². The van der Waals surface area contributed by atoms with Gasteiger partial charge in [0.05, 0.1) is 17.0 Å². The quantitative estimate of drug-likeness (QED) is 0.767. The number of thiazole rings is 1. The molecule has 0 bridgehead atoms. The molecule has 0 saturated heterocycles. The maximum absolute atomic E-state index is 13.0. The predicted octanol–water partition coefficient (Wildman–Crippen LogP) is 3.51. The van der Waals surface area contributed by atoms with Crippen LogP contribution >= 0.6 is 11.3 Å². The van der Waals surface area contributed by atoms with E-state index in [1.807, 2.05) is 19.2 Å². The molecule has 0 fully saturated rings. The van der Waals surface area contributed by atoms with Crippen LogP contribution in [-0.2, 0) is 6.42 Å². The number of aromatic nitrogens is 1. The SMILES string of the molecule is CCc1cc2c(=O)c(-c3nc(C)cs3)c([C@@H](C)N)oc2cc1O. The van der Waals surface area contributed by atoms with Crippen LogP contribution in [-0.4, -0.2) is 10.1 Å². The molecule has 2 aromatic heterocycles. The van der Waals surface area contributed by atoms with Crippen LogP contribution < -0.4 is 11.2 Å². The minimum atomic E-state index is -0.459. The topological polar surface area (TPSA) is 89.4 Å². The Labute approximate surface area is 137 Å². The molecule has 120 valence electrons. The Bertz CT molecular complexity index is 941. The minimum Gasteiger partial charge on any atom is -0.508 e. The number of aryl methyl sites for hydroxylation is 2. The lowest BCUT2D eigenvalue weighted by molar-refractivity contribution is 0.464. The molecule has 0 saturated carbocycles. The van der Waals surface area contributed by atoms with Crippen LogP contribution in [0.5, 0.6) is 5.75 Å². The first kappa shape index (κ1) is 15.7. The van der Waals surface area contributed by atoms with Crippen molar-refractivity contribution in [2.75, 3.05) is 0 Å². The van der Waals surface area contributed by atoms with E-state index in [1.54, 1.807) is 13.0 Å². The summed E-state index contributed by atoms with van der Waals surface area (Å²) in [6.07, 6.45) is 0.627. The second-order valence-corrected chi connectivity index (χ2v) is 6.44. The van der Waals surface area contributed by atoms with Crippen molar-refractivity contribution in [3.8, 4) is 16.3 Å². The Morgan fingerprint density at radius 2 is 2.17 bits per heavy atom. The molecule has 3 rings (SSSR count). The molecule has 0 spiro atoms. The van der Waals surface area contributed by atoms with Gasteiger partial charge in [0.15, 0.2) is 0 Å². The number of nitrogens with two attached hydrogens (primary N) is 1. The summed E-state index contributed by atoms with van der Waals surface area (Å²) in [5.41, 5.74) is 8.14. The maximum Gasteiger partial charge on any atom is 0.203 e. The van der Waals surface area contributed by atoms with Crippen molar-refractivity contribution in [3.05, 3.63) is 44.8 Å². The summed E-state index contributed by atoms with van der Waals surface area (Å²) in [6.45, 7) is 5.56. The summed E-state index contributed by atoms with van der Waals surface area (Å²) >= 11 is 1.39. The third-order valence-electron chi connectivity index (χ3n) is 3.75. The van der Waals surface area contributed by atoms with Gasteiger partial charge in [-0.25, -0.2) is 4.98 Å². The van der Waals surface area contributed by atoms with Gasteiger partial charge in [0.25, 0.3) is 0 Å². The molecule has 0 unspecified atom stereocenters. The molecule has 0 radical (unpaired) electrons. The molecule has 5 nitrogen and oxygen atoms in total. The van der Waals surface area contributed by atoms with E-state index < -0.39 is 6.04 Å². The number of rotatable bonds is 3. The Morgan fingerprint density at radius 3 is 2.74 bits per heavy atom. The van der Waals surface area contributed by atoms with Gasteiger partial charge in [-0.15, -0.1) is 11.3 Å². The molecule has 0 aliphatic heterocycles. The zero-order valence-electron chi connectivity index (χ0n) is 13.2. The van der Waals surface area contributed by atoms with Crippen molar-refractivity contribution in [2.45, 2.75) is 33.2 Å². The fourth-order valence-electron chi connectivity index (χ4n) is 2.57. The van der Waals surface area contributed by atoms with Gasteiger partial charge in [-0.1, -0.05) is 6.92 Å². The Morgan fingerprint density at radius 1 is 1.43 bits per heavy atom. The van der Waals surface area contributed by atoms with Crippen molar-refractivity contribution < 1.29 is 9.52 Å². The van der Waals surface area contributed by atoms with Gasteiger partial charge >= 0.3 is 0 Å². The smallest absolute Gasteiger partial charge is 0.203 e. The van der Waals surface area contributed by atoms with E-state index in [0.717, 1.165) is 5.69 Å². The van der Waals surface area contributed by atoms with Crippen LogP contribution in [0.15, 0.2) is 26.7 Å². The van der Waals surface area contributed by atoms with Gasteiger partial charge in [0.1, 0.15) is 22.1 Å². The number of hydrogen-bond donors (Lipinski definition) is 2. The lowest BCUT2D eigenvalue weighted by Gasteiger charge is -2.12. The van der Waals surface area contributed by atoms with E-state index in [1.165, 1.54) is 17.4 Å². The summed E-state index contributed by atoms with van der Waals surface area (Å²) in [6, 6.07) is 2.71. The lowest BCUT2D eigenvalue weighted by atomic mass is 10.0. The molecule has 6 heteroatoms. The van der Waals surface area contributed by atoms with Gasteiger partial charge in [-0.05, 0) is 31.9 Å². The number of hydrogen-bond acceptors (Lipinski definition) is 6. The number of aromatic hydroxyl groups is 1. The van der Waals surface area contributed by atoms with Gasteiger partial charge in [0.2, 0.25) is 5.43 Å². The molecule has 1 aromatic carbocycles. The van der Waals surface area contributed by atoms with E-state index >= 15 is 0 Å². The minimum absolute atomic E-state index is 0.122. The summed E-state index contributed by atoms with van der Waals surface area (Å²) < 4.78 is 5.86. The van der Waals surface area contributed by atoms with E-state index in [2.05, 4.69) is 4.98 Å². The van der Waals surface area contributed by atoms with Crippen LogP contribution in [0.1, 0.15) is 36.9 Å².